The monoisotopic (exact) mass is 325 g/mol. The molecule has 8 nitrogen and oxygen atoms in total. The number of hydrogen-bond donors (Lipinski definition) is 4. The number of rotatable bonds is 3. The van der Waals surface area contributed by atoms with E-state index in [0.717, 1.165) is 0 Å². The second-order valence-electron chi connectivity index (χ2n) is 4.98. The molecule has 0 radical (unpaired) electrons. The number of nitrogens with zero attached hydrogens (tertiary/aromatic N) is 3. The molecule has 24 heavy (non-hydrogen) atoms. The number of urea groups is 1. The van der Waals surface area contributed by atoms with E-state index < -0.39 is 0 Å². The summed E-state index contributed by atoms with van der Waals surface area (Å²) in [5.41, 5.74) is 2.00. The van der Waals surface area contributed by atoms with Crippen LogP contribution in [0.4, 0.5) is 10.6 Å². The van der Waals surface area contributed by atoms with Gasteiger partial charge in [0.2, 0.25) is 0 Å². The zero-order chi connectivity index (χ0) is 17.1. The molecule has 0 aliphatic heterocycles. The minimum Gasteiger partial charge on any atom is -0.504 e. The summed E-state index contributed by atoms with van der Waals surface area (Å²) in [7, 11) is 0. The fourth-order valence-electron chi connectivity index (χ4n) is 2.11. The molecule has 0 aliphatic carbocycles. The van der Waals surface area contributed by atoms with E-state index in [2.05, 4.69) is 25.6 Å². The molecule has 0 saturated carbocycles. The number of amides is 2. The average molecular weight is 325 g/mol. The molecule has 2 amide bonds. The van der Waals surface area contributed by atoms with Gasteiger partial charge in [-0.15, -0.1) is 0 Å². The van der Waals surface area contributed by atoms with Gasteiger partial charge in [-0.2, -0.15) is 0 Å². The molecule has 3 aromatic rings. The molecule has 0 fully saturated rings. The van der Waals surface area contributed by atoms with Crippen molar-refractivity contribution in [2.45, 2.75) is 6.92 Å². The topological polar surface area (TPSA) is 120 Å². The molecule has 2 heterocycles. The molecule has 1 aromatic carbocycles. The Morgan fingerprint density at radius 2 is 1.96 bits per heavy atom. The quantitative estimate of drug-likeness (QED) is 0.548. The first-order valence-corrected chi connectivity index (χ1v) is 7.28. The Hall–Kier alpha value is -3.42. The van der Waals surface area contributed by atoms with Crippen molar-refractivity contribution in [2.75, 3.05) is 11.9 Å². The van der Waals surface area contributed by atoms with Gasteiger partial charge in [0.05, 0.1) is 11.9 Å². The standard InChI is InChI=1S/C16H15N5O3/c1-2-17-16(24)21-14-6-4-10-15(20-14)19-11(8-18-10)9-3-5-12(22)13(23)7-9/h3-8,22-23H,2H2,1H3,(H2,17,19,20,21,24). The van der Waals surface area contributed by atoms with Gasteiger partial charge in [0.25, 0.3) is 0 Å². The molecule has 8 heteroatoms. The molecule has 122 valence electrons. The zero-order valence-corrected chi connectivity index (χ0v) is 12.8. The maximum atomic E-state index is 11.6. The van der Waals surface area contributed by atoms with E-state index >= 15 is 0 Å². The summed E-state index contributed by atoms with van der Waals surface area (Å²) in [6, 6.07) is 7.37. The predicted molar refractivity (Wildman–Crippen MR) is 88.8 cm³/mol. The number of hydrogen-bond acceptors (Lipinski definition) is 6. The van der Waals surface area contributed by atoms with Crippen molar-refractivity contribution in [3.8, 4) is 22.8 Å². The van der Waals surface area contributed by atoms with E-state index in [4.69, 9.17) is 0 Å². The fraction of sp³-hybridized carbons (Fsp3) is 0.125. The third-order valence-electron chi connectivity index (χ3n) is 3.26. The van der Waals surface area contributed by atoms with Crippen LogP contribution in [-0.4, -0.2) is 37.7 Å². The number of aromatic hydroxyl groups is 2. The number of benzene rings is 1. The summed E-state index contributed by atoms with van der Waals surface area (Å²) in [5, 5.41) is 24.2. The van der Waals surface area contributed by atoms with Crippen LogP contribution >= 0.6 is 0 Å². The van der Waals surface area contributed by atoms with Crippen molar-refractivity contribution >= 4 is 23.0 Å². The first-order valence-electron chi connectivity index (χ1n) is 7.28. The largest absolute Gasteiger partial charge is 0.504 e. The van der Waals surface area contributed by atoms with Crippen molar-refractivity contribution in [3.05, 3.63) is 36.5 Å². The molecule has 0 aliphatic rings. The van der Waals surface area contributed by atoms with E-state index in [0.29, 0.717) is 34.8 Å². The molecular formula is C16H15N5O3. The third kappa shape index (κ3) is 3.17. The smallest absolute Gasteiger partial charge is 0.320 e. The van der Waals surface area contributed by atoms with Gasteiger partial charge in [0.1, 0.15) is 11.3 Å². The van der Waals surface area contributed by atoms with E-state index in [-0.39, 0.29) is 17.5 Å². The Bertz CT molecular complexity index is 913. The summed E-state index contributed by atoms with van der Waals surface area (Å²) in [4.78, 5) is 24.5. The average Bonchev–Trinajstić information content (AvgIpc) is 2.57. The first-order chi connectivity index (χ1) is 11.6. The maximum absolute atomic E-state index is 11.6. The highest BCUT2D eigenvalue weighted by Gasteiger charge is 2.08. The van der Waals surface area contributed by atoms with Gasteiger partial charge in [0, 0.05) is 12.1 Å². The summed E-state index contributed by atoms with van der Waals surface area (Å²) in [6.45, 7) is 2.33. The van der Waals surface area contributed by atoms with Gasteiger partial charge in [-0.05, 0) is 37.3 Å². The minimum absolute atomic E-state index is 0.209. The predicted octanol–water partition coefficient (Wildman–Crippen LogP) is 2.24. The van der Waals surface area contributed by atoms with E-state index in [1.165, 1.54) is 12.1 Å². The van der Waals surface area contributed by atoms with Crippen LogP contribution in [0, 0.1) is 0 Å². The number of carbonyl (C=O) groups is 1. The van der Waals surface area contributed by atoms with Crippen LogP contribution in [-0.2, 0) is 0 Å². The number of fused-ring (bicyclic) bond motifs is 1. The Labute approximate surface area is 137 Å². The number of carbonyl (C=O) groups excluding carboxylic acids is 1. The molecule has 0 atom stereocenters. The Kier molecular flexibility index (Phi) is 4.11. The van der Waals surface area contributed by atoms with Crippen LogP contribution in [0.5, 0.6) is 11.5 Å². The summed E-state index contributed by atoms with van der Waals surface area (Å²) in [5.74, 6) is -0.0958. The Balaban J connectivity index is 1.96. The third-order valence-corrected chi connectivity index (χ3v) is 3.26. The van der Waals surface area contributed by atoms with Gasteiger partial charge in [-0.25, -0.2) is 14.8 Å². The second kappa shape index (κ2) is 6.37. The number of phenols is 2. The van der Waals surface area contributed by atoms with Gasteiger partial charge >= 0.3 is 6.03 Å². The Morgan fingerprint density at radius 1 is 1.12 bits per heavy atom. The molecule has 0 bridgehead atoms. The SMILES string of the molecule is CCNC(=O)Nc1ccc2ncc(-c3ccc(O)c(O)c3)nc2n1. The van der Waals surface area contributed by atoms with Crippen molar-refractivity contribution in [2.24, 2.45) is 0 Å². The highest BCUT2D eigenvalue weighted by molar-refractivity contribution is 5.89. The van der Waals surface area contributed by atoms with Crippen LogP contribution in [0.2, 0.25) is 0 Å². The van der Waals surface area contributed by atoms with Crippen molar-refractivity contribution in [3.63, 3.8) is 0 Å². The molecule has 0 unspecified atom stereocenters. The van der Waals surface area contributed by atoms with Crippen LogP contribution in [0.25, 0.3) is 22.4 Å². The van der Waals surface area contributed by atoms with Crippen molar-refractivity contribution in [1.29, 1.82) is 0 Å². The summed E-state index contributed by atoms with van der Waals surface area (Å²) < 4.78 is 0. The van der Waals surface area contributed by atoms with E-state index in [9.17, 15) is 15.0 Å². The highest BCUT2D eigenvalue weighted by atomic mass is 16.3. The zero-order valence-electron chi connectivity index (χ0n) is 12.8. The van der Waals surface area contributed by atoms with Gasteiger partial charge in [-0.3, -0.25) is 10.3 Å². The second-order valence-corrected chi connectivity index (χ2v) is 4.98. The van der Waals surface area contributed by atoms with Crippen LogP contribution in [0.3, 0.4) is 0 Å². The molecule has 2 aromatic heterocycles. The number of aromatic nitrogens is 3. The normalized spacial score (nSPS) is 10.5. The summed E-state index contributed by atoms with van der Waals surface area (Å²) >= 11 is 0. The van der Waals surface area contributed by atoms with E-state index in [1.54, 1.807) is 24.4 Å². The lowest BCUT2D eigenvalue weighted by Crippen LogP contribution is -2.28. The van der Waals surface area contributed by atoms with Crippen LogP contribution < -0.4 is 10.6 Å². The number of phenolic OH excluding ortho intramolecular Hbond substituents is 2. The van der Waals surface area contributed by atoms with Crippen molar-refractivity contribution in [1.82, 2.24) is 20.3 Å². The van der Waals surface area contributed by atoms with Crippen molar-refractivity contribution < 1.29 is 15.0 Å². The number of anilines is 1. The lowest BCUT2D eigenvalue weighted by molar-refractivity contribution is 0.252. The maximum Gasteiger partial charge on any atom is 0.320 e. The fourth-order valence-corrected chi connectivity index (χ4v) is 2.11. The molecule has 0 spiro atoms. The highest BCUT2D eigenvalue weighted by Crippen LogP contribution is 2.29. The van der Waals surface area contributed by atoms with Crippen LogP contribution in [0.1, 0.15) is 6.92 Å². The molecular weight excluding hydrogens is 310 g/mol. The van der Waals surface area contributed by atoms with Gasteiger partial charge in [-0.1, -0.05) is 0 Å². The van der Waals surface area contributed by atoms with Crippen LogP contribution in [0.15, 0.2) is 36.5 Å². The first kappa shape index (κ1) is 15.5. The minimum atomic E-state index is -0.350. The number of nitrogens with one attached hydrogen (secondary N) is 2. The lowest BCUT2D eigenvalue weighted by atomic mass is 10.1. The number of pyridine rings is 1. The lowest BCUT2D eigenvalue weighted by Gasteiger charge is -2.07. The van der Waals surface area contributed by atoms with E-state index in [1.807, 2.05) is 6.92 Å². The molecule has 0 saturated heterocycles. The molecule has 4 N–H and O–H groups in total. The summed E-state index contributed by atoms with van der Waals surface area (Å²) in [6.07, 6.45) is 1.55. The van der Waals surface area contributed by atoms with Gasteiger partial charge in [0.15, 0.2) is 17.1 Å². The Morgan fingerprint density at radius 3 is 2.71 bits per heavy atom. The van der Waals surface area contributed by atoms with Gasteiger partial charge < -0.3 is 15.5 Å². The molecule has 3 rings (SSSR count).